The molecule has 0 spiro atoms. The maximum Gasteiger partial charge on any atom is 0.315 e. The van der Waals surface area contributed by atoms with E-state index in [1.807, 2.05) is 6.92 Å². The Hall–Kier alpha value is -2.90. The summed E-state index contributed by atoms with van der Waals surface area (Å²) in [6.45, 7) is 2.77. The first-order valence-corrected chi connectivity index (χ1v) is 8.04. The molecule has 2 heterocycles. The first-order valence-electron chi connectivity index (χ1n) is 8.04. The predicted molar refractivity (Wildman–Crippen MR) is 89.7 cm³/mol. The van der Waals surface area contributed by atoms with E-state index in [2.05, 4.69) is 15.7 Å². The number of rotatable bonds is 4. The number of carbonyl (C=O) groups is 2. The van der Waals surface area contributed by atoms with E-state index in [9.17, 15) is 14.0 Å². The number of hydrogen-bond acceptors (Lipinski definition) is 3. The Kier molecular flexibility index (Phi) is 4.69. The molecule has 3 rings (SSSR count). The number of aromatic nitrogens is 2. The van der Waals surface area contributed by atoms with Gasteiger partial charge in [0.2, 0.25) is 5.91 Å². The lowest BCUT2D eigenvalue weighted by Gasteiger charge is -2.12. The van der Waals surface area contributed by atoms with Crippen molar-refractivity contribution in [3.05, 3.63) is 47.5 Å². The van der Waals surface area contributed by atoms with Crippen LogP contribution in [0.3, 0.4) is 0 Å². The smallest absolute Gasteiger partial charge is 0.315 e. The number of likely N-dealkylation sites (tertiary alicyclic amines) is 1. The number of halogens is 1. The molecule has 1 atom stereocenters. The predicted octanol–water partition coefficient (Wildman–Crippen LogP) is 1.35. The summed E-state index contributed by atoms with van der Waals surface area (Å²) in [5.74, 6) is -0.381. The second-order valence-electron chi connectivity index (χ2n) is 6.09. The van der Waals surface area contributed by atoms with E-state index in [0.717, 1.165) is 16.9 Å². The quantitative estimate of drug-likeness (QED) is 0.878. The van der Waals surface area contributed by atoms with Crippen LogP contribution in [-0.4, -0.2) is 46.3 Å². The van der Waals surface area contributed by atoms with Crippen LogP contribution < -0.4 is 10.6 Å². The van der Waals surface area contributed by atoms with E-state index in [1.54, 1.807) is 35.0 Å². The van der Waals surface area contributed by atoms with Crippen LogP contribution in [-0.2, 0) is 11.3 Å². The Bertz CT molecular complexity index is 787. The van der Waals surface area contributed by atoms with Gasteiger partial charge >= 0.3 is 6.03 Å². The largest absolute Gasteiger partial charge is 0.344 e. The van der Waals surface area contributed by atoms with Gasteiger partial charge in [-0.25, -0.2) is 13.9 Å². The summed E-state index contributed by atoms with van der Waals surface area (Å²) < 4.78 is 14.6. The third-order valence-electron chi connectivity index (χ3n) is 4.26. The van der Waals surface area contributed by atoms with E-state index < -0.39 is 6.04 Å². The molecule has 3 amide bonds. The van der Waals surface area contributed by atoms with Gasteiger partial charge in [0.05, 0.1) is 11.4 Å². The van der Waals surface area contributed by atoms with Gasteiger partial charge in [0, 0.05) is 31.9 Å². The van der Waals surface area contributed by atoms with E-state index >= 15 is 0 Å². The molecule has 132 valence electrons. The van der Waals surface area contributed by atoms with Gasteiger partial charge in [-0.15, -0.1) is 0 Å². The molecule has 25 heavy (non-hydrogen) atoms. The number of carbonyl (C=O) groups excluding carboxylic acids is 2. The second kappa shape index (κ2) is 6.92. The zero-order chi connectivity index (χ0) is 18.0. The first kappa shape index (κ1) is 16.9. The molecular formula is C17H20FN5O2. The molecule has 2 N–H and O–H groups in total. The van der Waals surface area contributed by atoms with Crippen LogP contribution in [0.1, 0.15) is 17.7 Å². The van der Waals surface area contributed by atoms with Gasteiger partial charge in [0.1, 0.15) is 11.9 Å². The Morgan fingerprint density at radius 2 is 2.08 bits per heavy atom. The summed E-state index contributed by atoms with van der Waals surface area (Å²) in [6, 6.07) is 5.15. The van der Waals surface area contributed by atoms with Gasteiger partial charge in [-0.2, -0.15) is 5.10 Å². The Morgan fingerprint density at radius 1 is 1.36 bits per heavy atom. The van der Waals surface area contributed by atoms with Crippen molar-refractivity contribution in [3.8, 4) is 5.69 Å². The molecule has 1 aromatic heterocycles. The van der Waals surface area contributed by atoms with Crippen LogP contribution in [0.15, 0.2) is 30.5 Å². The molecule has 1 aliphatic heterocycles. The molecule has 1 aliphatic rings. The molecule has 0 bridgehead atoms. The standard InChI is InChI=1S/C17H20FN5O2/c1-11-12(10-23(21-11)14-5-3-13(18)4-6-14)9-19-17(25)20-15-7-8-22(2)16(15)24/h3-6,10,15H,7-9H2,1-2H3,(H2,19,20,25)/t15-/m0/s1. The summed E-state index contributed by atoms with van der Waals surface area (Å²) in [4.78, 5) is 25.4. The molecule has 0 radical (unpaired) electrons. The molecule has 0 saturated carbocycles. The molecule has 1 fully saturated rings. The lowest BCUT2D eigenvalue weighted by molar-refractivity contribution is -0.128. The highest BCUT2D eigenvalue weighted by Crippen LogP contribution is 2.13. The van der Waals surface area contributed by atoms with Crippen molar-refractivity contribution in [2.75, 3.05) is 13.6 Å². The lowest BCUT2D eigenvalue weighted by atomic mass is 10.2. The number of urea groups is 1. The van der Waals surface area contributed by atoms with Crippen LogP contribution in [0.2, 0.25) is 0 Å². The molecule has 8 heteroatoms. The van der Waals surface area contributed by atoms with Gasteiger partial charge in [0.25, 0.3) is 0 Å². The summed E-state index contributed by atoms with van der Waals surface area (Å²) in [5.41, 5.74) is 2.34. The number of nitrogens with zero attached hydrogens (tertiary/aromatic N) is 3. The second-order valence-corrected chi connectivity index (χ2v) is 6.09. The number of likely N-dealkylation sites (N-methyl/N-ethyl adjacent to an activating group) is 1. The molecule has 7 nitrogen and oxygen atoms in total. The minimum atomic E-state index is -0.465. The Balaban J connectivity index is 1.59. The fraction of sp³-hybridized carbons (Fsp3) is 0.353. The van der Waals surface area contributed by atoms with Crippen LogP contribution >= 0.6 is 0 Å². The number of aryl methyl sites for hydroxylation is 1. The molecule has 1 saturated heterocycles. The minimum absolute atomic E-state index is 0.0736. The topological polar surface area (TPSA) is 79.3 Å². The average Bonchev–Trinajstić information content (AvgIpc) is 3.11. The fourth-order valence-corrected chi connectivity index (χ4v) is 2.74. The summed E-state index contributed by atoms with van der Waals surface area (Å²) in [5, 5.41) is 9.80. The Labute approximate surface area is 144 Å². The van der Waals surface area contributed by atoms with E-state index in [-0.39, 0.29) is 24.3 Å². The Morgan fingerprint density at radius 3 is 2.72 bits per heavy atom. The highest BCUT2D eigenvalue weighted by atomic mass is 19.1. The third-order valence-corrected chi connectivity index (χ3v) is 4.26. The fourth-order valence-electron chi connectivity index (χ4n) is 2.74. The number of amides is 3. The van der Waals surface area contributed by atoms with Crippen molar-refractivity contribution in [1.82, 2.24) is 25.3 Å². The SMILES string of the molecule is Cc1nn(-c2ccc(F)cc2)cc1CNC(=O)N[C@H]1CCN(C)C1=O. The van der Waals surface area contributed by atoms with Crippen molar-refractivity contribution in [2.45, 2.75) is 25.9 Å². The van der Waals surface area contributed by atoms with E-state index in [4.69, 9.17) is 0 Å². The minimum Gasteiger partial charge on any atom is -0.344 e. The zero-order valence-electron chi connectivity index (χ0n) is 14.1. The maximum atomic E-state index is 13.0. The zero-order valence-corrected chi connectivity index (χ0v) is 14.1. The highest BCUT2D eigenvalue weighted by Gasteiger charge is 2.30. The van der Waals surface area contributed by atoms with Crippen molar-refractivity contribution in [3.63, 3.8) is 0 Å². The molecule has 2 aromatic rings. The molecule has 0 aliphatic carbocycles. The van der Waals surface area contributed by atoms with E-state index in [1.165, 1.54) is 12.1 Å². The highest BCUT2D eigenvalue weighted by molar-refractivity contribution is 5.88. The van der Waals surface area contributed by atoms with Gasteiger partial charge in [0.15, 0.2) is 0 Å². The summed E-state index contributed by atoms with van der Waals surface area (Å²) >= 11 is 0. The number of benzene rings is 1. The monoisotopic (exact) mass is 345 g/mol. The van der Waals surface area contributed by atoms with Crippen LogP contribution in [0.5, 0.6) is 0 Å². The van der Waals surface area contributed by atoms with Crippen molar-refractivity contribution in [2.24, 2.45) is 0 Å². The first-order chi connectivity index (χ1) is 11.9. The van der Waals surface area contributed by atoms with Crippen LogP contribution in [0.4, 0.5) is 9.18 Å². The van der Waals surface area contributed by atoms with Crippen LogP contribution in [0.25, 0.3) is 5.69 Å². The maximum absolute atomic E-state index is 13.0. The average molecular weight is 345 g/mol. The summed E-state index contributed by atoms with van der Waals surface area (Å²) in [7, 11) is 1.72. The normalized spacial score (nSPS) is 17.0. The van der Waals surface area contributed by atoms with Gasteiger partial charge in [-0.1, -0.05) is 0 Å². The van der Waals surface area contributed by atoms with Gasteiger partial charge < -0.3 is 15.5 Å². The third kappa shape index (κ3) is 3.78. The molecular weight excluding hydrogens is 325 g/mol. The van der Waals surface area contributed by atoms with Crippen LogP contribution in [0, 0.1) is 12.7 Å². The number of hydrogen-bond donors (Lipinski definition) is 2. The van der Waals surface area contributed by atoms with Crippen molar-refractivity contribution in [1.29, 1.82) is 0 Å². The van der Waals surface area contributed by atoms with E-state index in [0.29, 0.717) is 13.0 Å². The van der Waals surface area contributed by atoms with Gasteiger partial charge in [-0.3, -0.25) is 4.79 Å². The lowest BCUT2D eigenvalue weighted by Crippen LogP contribution is -2.45. The van der Waals surface area contributed by atoms with Crippen molar-refractivity contribution >= 4 is 11.9 Å². The summed E-state index contributed by atoms with van der Waals surface area (Å²) in [6.07, 6.45) is 2.40. The molecule has 1 aromatic carbocycles. The van der Waals surface area contributed by atoms with Gasteiger partial charge in [-0.05, 0) is 37.6 Å². The molecule has 0 unspecified atom stereocenters. The number of nitrogens with one attached hydrogen (secondary N) is 2. The van der Waals surface area contributed by atoms with Crippen molar-refractivity contribution < 1.29 is 14.0 Å².